The lowest BCUT2D eigenvalue weighted by Crippen LogP contribution is -2.35. The van der Waals surface area contributed by atoms with Crippen molar-refractivity contribution in [1.82, 2.24) is 18.6 Å². The summed E-state index contributed by atoms with van der Waals surface area (Å²) in [6.45, 7) is 2.22. The van der Waals surface area contributed by atoms with Gasteiger partial charge in [-0.2, -0.15) is 13.6 Å². The Morgan fingerprint density at radius 1 is 0.638 bits per heavy atom. The summed E-state index contributed by atoms with van der Waals surface area (Å²) < 4.78 is 54.0. The third-order valence-electron chi connectivity index (χ3n) is 7.69. The average Bonchev–Trinajstić information content (AvgIpc) is 3.05. The van der Waals surface area contributed by atoms with Gasteiger partial charge in [0.1, 0.15) is 5.15 Å². The van der Waals surface area contributed by atoms with E-state index in [1.807, 2.05) is 0 Å². The number of rotatable bonds is 5. The van der Waals surface area contributed by atoms with Crippen molar-refractivity contribution in [3.8, 4) is 0 Å². The second-order valence-corrected chi connectivity index (χ2v) is 15.8. The van der Waals surface area contributed by atoms with Gasteiger partial charge in [-0.3, -0.25) is 0 Å². The number of nitrogens with zero attached hydrogens (tertiary/aromatic N) is 5. The van der Waals surface area contributed by atoms with Gasteiger partial charge in [0.25, 0.3) is 0 Å². The molecule has 2 aliphatic heterocycles. The maximum absolute atomic E-state index is 12.8. The number of nitrogens with two attached hydrogens (primary N) is 2. The van der Waals surface area contributed by atoms with Crippen LogP contribution in [0.25, 0.3) is 21.5 Å². The highest BCUT2D eigenvalue weighted by molar-refractivity contribution is 7.89. The van der Waals surface area contributed by atoms with Crippen LogP contribution in [0.3, 0.4) is 0 Å². The van der Waals surface area contributed by atoms with E-state index >= 15 is 0 Å². The average molecular weight is 745 g/mol. The highest BCUT2D eigenvalue weighted by Crippen LogP contribution is 2.33. The normalized spacial score (nSPS) is 16.0. The van der Waals surface area contributed by atoms with Crippen LogP contribution in [0, 0.1) is 0 Å². The Kier molecular flexibility index (Phi) is 13.2. The SMILES string of the molecule is C.C.NC(N)=Nc1ncc(Cl)c2ccc(S(=O)(=O)N3CCCCC3)cc12.O=S(=O)(c1ccc2c(Cl)cnc(Cl)c2c1)N1CCCCC1. The molecule has 6 rings (SSSR count). The summed E-state index contributed by atoms with van der Waals surface area (Å²) in [5, 5.41) is 3.51. The molecule has 0 unspecified atom stereocenters. The zero-order chi connectivity index (χ0) is 32.4. The smallest absolute Gasteiger partial charge is 0.243 e. The standard InChI is InChI=1S/C15H18ClN5O2S.C14H14Cl2N2O2S.2CH4/c16-13-9-19-14(20-15(17)18)12-8-10(4-5-11(12)13)24(22,23)21-6-2-1-3-7-21;15-13-9-17-14(16)12-8-10(4-5-11(12)13)21(19,20)18-6-2-1-3-7-18;;/h4-5,8-9H,1-3,6-7H2,(H4,17,18,19,20);4-5,8-9H,1-3,6-7H2;2*1H4. The van der Waals surface area contributed by atoms with Crippen LogP contribution in [-0.2, 0) is 20.0 Å². The number of piperidine rings is 2. The topological polar surface area (TPSA) is 165 Å². The molecule has 2 fully saturated rings. The largest absolute Gasteiger partial charge is 0.370 e. The summed E-state index contributed by atoms with van der Waals surface area (Å²) in [4.78, 5) is 12.4. The molecule has 0 saturated carbocycles. The van der Waals surface area contributed by atoms with E-state index in [2.05, 4.69) is 15.0 Å². The van der Waals surface area contributed by atoms with Crippen LogP contribution in [0.1, 0.15) is 53.4 Å². The molecule has 0 spiro atoms. The molecule has 256 valence electrons. The Bertz CT molecular complexity index is 1980. The predicted molar refractivity (Wildman–Crippen MR) is 193 cm³/mol. The highest BCUT2D eigenvalue weighted by atomic mass is 35.5. The molecule has 11 nitrogen and oxygen atoms in total. The summed E-state index contributed by atoms with van der Waals surface area (Å²) in [6.07, 6.45) is 8.59. The summed E-state index contributed by atoms with van der Waals surface area (Å²) in [5.41, 5.74) is 10.8. The molecule has 0 aliphatic carbocycles. The van der Waals surface area contributed by atoms with Crippen molar-refractivity contribution in [2.45, 2.75) is 63.2 Å². The minimum absolute atomic E-state index is 0. The van der Waals surface area contributed by atoms with E-state index in [4.69, 9.17) is 46.3 Å². The molecule has 2 saturated heterocycles. The first kappa shape index (κ1) is 38.7. The molecule has 47 heavy (non-hydrogen) atoms. The monoisotopic (exact) mass is 743 g/mol. The zero-order valence-corrected chi connectivity index (χ0v) is 28.1. The number of aliphatic imine (C=N–C) groups is 1. The number of hydrogen-bond acceptors (Lipinski definition) is 7. The molecule has 2 aromatic heterocycles. The Morgan fingerprint density at radius 3 is 1.53 bits per heavy atom. The molecule has 0 radical (unpaired) electrons. The van der Waals surface area contributed by atoms with E-state index in [1.165, 1.54) is 27.1 Å². The van der Waals surface area contributed by atoms with Crippen LogP contribution in [0.4, 0.5) is 5.82 Å². The molecule has 4 N–H and O–H groups in total. The molecule has 16 heteroatoms. The number of sulfonamides is 2. The van der Waals surface area contributed by atoms with Crippen LogP contribution >= 0.6 is 34.8 Å². The van der Waals surface area contributed by atoms with Gasteiger partial charge in [0, 0.05) is 60.1 Å². The van der Waals surface area contributed by atoms with Crippen molar-refractivity contribution in [2.75, 3.05) is 26.2 Å². The van der Waals surface area contributed by atoms with Crippen molar-refractivity contribution >= 4 is 88.2 Å². The molecular weight excluding hydrogens is 705 g/mol. The first-order valence-corrected chi connectivity index (χ1v) is 18.3. The number of pyridine rings is 2. The second-order valence-electron chi connectivity index (χ2n) is 10.7. The third kappa shape index (κ3) is 8.45. The number of halogens is 3. The van der Waals surface area contributed by atoms with Gasteiger partial charge in [0.05, 0.1) is 19.8 Å². The van der Waals surface area contributed by atoms with Crippen molar-refractivity contribution in [2.24, 2.45) is 16.5 Å². The van der Waals surface area contributed by atoms with Gasteiger partial charge in [0.15, 0.2) is 11.8 Å². The van der Waals surface area contributed by atoms with Gasteiger partial charge in [0.2, 0.25) is 20.0 Å². The number of aromatic nitrogens is 2. The van der Waals surface area contributed by atoms with E-state index in [0.717, 1.165) is 38.5 Å². The van der Waals surface area contributed by atoms with Gasteiger partial charge in [-0.25, -0.2) is 26.8 Å². The predicted octanol–water partition coefficient (Wildman–Crippen LogP) is 6.96. The number of guanidine groups is 1. The fourth-order valence-corrected chi connectivity index (χ4v) is 9.09. The van der Waals surface area contributed by atoms with Crippen molar-refractivity contribution in [1.29, 1.82) is 0 Å². The van der Waals surface area contributed by atoms with Gasteiger partial charge < -0.3 is 11.5 Å². The first-order valence-electron chi connectivity index (χ1n) is 14.3. The van der Waals surface area contributed by atoms with Crippen LogP contribution in [-0.4, -0.2) is 67.6 Å². The summed E-state index contributed by atoms with van der Waals surface area (Å²) in [6, 6.07) is 9.55. The zero-order valence-electron chi connectivity index (χ0n) is 24.2. The molecule has 4 heterocycles. The lowest BCUT2D eigenvalue weighted by Gasteiger charge is -2.26. The van der Waals surface area contributed by atoms with Gasteiger partial charge in [-0.1, -0.05) is 74.6 Å². The minimum atomic E-state index is -3.56. The molecule has 2 aliphatic rings. The van der Waals surface area contributed by atoms with Crippen LogP contribution in [0.5, 0.6) is 0 Å². The molecule has 0 atom stereocenters. The fourth-order valence-electron chi connectivity index (χ4n) is 5.37. The quantitative estimate of drug-likeness (QED) is 0.126. The molecule has 0 bridgehead atoms. The minimum Gasteiger partial charge on any atom is -0.370 e. The molecular formula is C31H40Cl3N7O4S2. The summed E-state index contributed by atoms with van der Waals surface area (Å²) in [5.74, 6) is 0.0838. The number of fused-ring (bicyclic) bond motifs is 2. The van der Waals surface area contributed by atoms with Gasteiger partial charge >= 0.3 is 0 Å². The van der Waals surface area contributed by atoms with Crippen LogP contribution in [0.15, 0.2) is 63.6 Å². The van der Waals surface area contributed by atoms with Crippen LogP contribution in [0.2, 0.25) is 15.2 Å². The Balaban J connectivity index is 0.000000247. The van der Waals surface area contributed by atoms with Gasteiger partial charge in [-0.05, 0) is 49.9 Å². The maximum atomic E-state index is 12.8. The lowest BCUT2D eigenvalue weighted by molar-refractivity contribution is 0.346. The first-order chi connectivity index (χ1) is 21.4. The Hall–Kier alpha value is -2.78. The van der Waals surface area contributed by atoms with E-state index in [-0.39, 0.29) is 41.6 Å². The van der Waals surface area contributed by atoms with Crippen molar-refractivity contribution in [3.05, 3.63) is 64.0 Å². The second kappa shape index (κ2) is 16.1. The molecule has 2 aromatic carbocycles. The summed E-state index contributed by atoms with van der Waals surface area (Å²) >= 11 is 18.3. The number of hydrogen-bond donors (Lipinski definition) is 2. The van der Waals surface area contributed by atoms with E-state index in [1.54, 1.807) is 30.3 Å². The van der Waals surface area contributed by atoms with Crippen LogP contribution < -0.4 is 11.5 Å². The van der Waals surface area contributed by atoms with E-state index in [9.17, 15) is 16.8 Å². The van der Waals surface area contributed by atoms with Crippen molar-refractivity contribution in [3.63, 3.8) is 0 Å². The third-order valence-corrected chi connectivity index (χ3v) is 12.4. The van der Waals surface area contributed by atoms with Gasteiger partial charge in [-0.15, -0.1) is 0 Å². The number of benzene rings is 2. The lowest BCUT2D eigenvalue weighted by atomic mass is 10.1. The molecule has 4 aromatic rings. The Morgan fingerprint density at radius 2 is 1.06 bits per heavy atom. The molecule has 0 amide bonds. The highest BCUT2D eigenvalue weighted by Gasteiger charge is 2.28. The Labute approximate surface area is 292 Å². The van der Waals surface area contributed by atoms with E-state index in [0.29, 0.717) is 57.8 Å². The maximum Gasteiger partial charge on any atom is 0.243 e. The fraction of sp³-hybridized carbons (Fsp3) is 0.387. The van der Waals surface area contributed by atoms with Crippen molar-refractivity contribution < 1.29 is 16.8 Å². The van der Waals surface area contributed by atoms with E-state index < -0.39 is 20.0 Å². The summed E-state index contributed by atoms with van der Waals surface area (Å²) in [7, 11) is -7.04.